The molecule has 4 N–H and O–H groups in total. The summed E-state index contributed by atoms with van der Waals surface area (Å²) in [6.45, 7) is 0. The molecule has 27 heavy (non-hydrogen) atoms. The first kappa shape index (κ1) is 18.6. The molecule has 0 bridgehead atoms. The zero-order valence-corrected chi connectivity index (χ0v) is 15.8. The highest BCUT2D eigenvalue weighted by Gasteiger charge is 2.60. The third-order valence-corrected chi connectivity index (χ3v) is 6.60. The SMILES string of the molecule is COC1C2OC3(CCCCC3)OC2OC1C1C(C#N)=C(N)SC(N)=C1C#N. The molecule has 1 aliphatic carbocycles. The second-order valence-electron chi connectivity index (χ2n) is 7.20. The van der Waals surface area contributed by atoms with E-state index in [9.17, 15) is 10.5 Å². The van der Waals surface area contributed by atoms with Crippen LogP contribution in [-0.4, -0.2) is 37.5 Å². The van der Waals surface area contributed by atoms with Gasteiger partial charge in [0.15, 0.2) is 12.1 Å². The highest BCUT2D eigenvalue weighted by Crippen LogP contribution is 2.49. The zero-order valence-electron chi connectivity index (χ0n) is 15.0. The molecule has 3 heterocycles. The summed E-state index contributed by atoms with van der Waals surface area (Å²) in [4.78, 5) is 0. The number of nitrogens with zero attached hydrogens (tertiary/aromatic N) is 2. The van der Waals surface area contributed by atoms with Crippen molar-refractivity contribution in [1.29, 1.82) is 10.5 Å². The normalized spacial score (nSPS) is 36.0. The van der Waals surface area contributed by atoms with Crippen molar-refractivity contribution in [1.82, 2.24) is 0 Å². The summed E-state index contributed by atoms with van der Waals surface area (Å²) in [6, 6.07) is 4.22. The van der Waals surface area contributed by atoms with Crippen LogP contribution in [0.4, 0.5) is 0 Å². The number of nitriles is 2. The molecule has 0 aromatic rings. The van der Waals surface area contributed by atoms with Crippen LogP contribution >= 0.6 is 11.8 Å². The summed E-state index contributed by atoms with van der Waals surface area (Å²) in [5.74, 6) is -1.32. The third kappa shape index (κ3) is 2.91. The van der Waals surface area contributed by atoms with E-state index < -0.39 is 36.3 Å². The van der Waals surface area contributed by atoms with Gasteiger partial charge in [-0.2, -0.15) is 10.5 Å². The molecular formula is C18H22N4O4S. The van der Waals surface area contributed by atoms with E-state index in [1.165, 1.54) is 6.42 Å². The molecule has 4 unspecified atom stereocenters. The second-order valence-corrected chi connectivity index (χ2v) is 8.28. The number of fused-ring (bicyclic) bond motifs is 1. The minimum atomic E-state index is -0.702. The number of hydrogen-bond donors (Lipinski definition) is 2. The average molecular weight is 390 g/mol. The second kappa shape index (κ2) is 7.01. The average Bonchev–Trinajstić information content (AvgIpc) is 3.15. The van der Waals surface area contributed by atoms with E-state index in [0.717, 1.165) is 37.4 Å². The van der Waals surface area contributed by atoms with Gasteiger partial charge in [-0.15, -0.1) is 0 Å². The number of ether oxygens (including phenoxy) is 4. The highest BCUT2D eigenvalue weighted by molar-refractivity contribution is 8.06. The van der Waals surface area contributed by atoms with Gasteiger partial charge in [0.05, 0.1) is 39.3 Å². The summed E-state index contributed by atoms with van der Waals surface area (Å²) in [5, 5.41) is 19.8. The fourth-order valence-electron chi connectivity index (χ4n) is 4.48. The molecule has 4 atom stereocenters. The smallest absolute Gasteiger partial charge is 0.190 e. The maximum atomic E-state index is 9.62. The minimum absolute atomic E-state index is 0.269. The van der Waals surface area contributed by atoms with Crippen LogP contribution < -0.4 is 11.5 Å². The van der Waals surface area contributed by atoms with Gasteiger partial charge in [0, 0.05) is 20.0 Å². The minimum Gasteiger partial charge on any atom is -0.392 e. The number of hydrogen-bond acceptors (Lipinski definition) is 9. The van der Waals surface area contributed by atoms with E-state index in [1.54, 1.807) is 7.11 Å². The van der Waals surface area contributed by atoms with E-state index in [2.05, 4.69) is 12.1 Å². The van der Waals surface area contributed by atoms with Gasteiger partial charge >= 0.3 is 0 Å². The lowest BCUT2D eigenvalue weighted by Crippen LogP contribution is -2.43. The predicted octanol–water partition coefficient (Wildman–Crippen LogP) is 1.55. The Morgan fingerprint density at radius 1 is 1.04 bits per heavy atom. The molecule has 9 heteroatoms. The summed E-state index contributed by atoms with van der Waals surface area (Å²) in [7, 11) is 1.56. The van der Waals surface area contributed by atoms with Crippen molar-refractivity contribution < 1.29 is 18.9 Å². The highest BCUT2D eigenvalue weighted by atomic mass is 32.2. The van der Waals surface area contributed by atoms with Crippen molar-refractivity contribution in [2.75, 3.05) is 7.11 Å². The number of nitrogens with two attached hydrogens (primary N) is 2. The fourth-order valence-corrected chi connectivity index (χ4v) is 5.28. The Morgan fingerprint density at radius 2 is 1.67 bits per heavy atom. The van der Waals surface area contributed by atoms with Gasteiger partial charge < -0.3 is 30.4 Å². The molecule has 4 aliphatic rings. The van der Waals surface area contributed by atoms with Crippen molar-refractivity contribution in [3.05, 3.63) is 21.2 Å². The maximum absolute atomic E-state index is 9.62. The van der Waals surface area contributed by atoms with Gasteiger partial charge in [0.2, 0.25) is 0 Å². The summed E-state index contributed by atoms with van der Waals surface area (Å²) < 4.78 is 24.3. The van der Waals surface area contributed by atoms with Gasteiger partial charge in [-0.05, 0) is 12.8 Å². The van der Waals surface area contributed by atoms with Gasteiger partial charge in [0.25, 0.3) is 0 Å². The number of rotatable bonds is 2. The van der Waals surface area contributed by atoms with E-state index >= 15 is 0 Å². The molecule has 1 spiro atoms. The standard InChI is InChI=1S/C18H22N4O4S/c1-23-13-12(11-9(7-19)15(21)27-16(22)10(11)8-20)24-17-14(13)25-18(26-17)5-3-2-4-6-18/h11-14,17H,2-6,21-22H2,1H3. The first-order valence-electron chi connectivity index (χ1n) is 9.05. The van der Waals surface area contributed by atoms with E-state index in [-0.39, 0.29) is 21.2 Å². The van der Waals surface area contributed by atoms with Crippen LogP contribution in [0.5, 0.6) is 0 Å². The first-order valence-corrected chi connectivity index (χ1v) is 9.86. The molecule has 3 aliphatic heterocycles. The Hall–Kier alpha value is -1.75. The quantitative estimate of drug-likeness (QED) is 0.719. The Labute approximate surface area is 162 Å². The van der Waals surface area contributed by atoms with Crippen LogP contribution in [0, 0.1) is 28.6 Å². The van der Waals surface area contributed by atoms with E-state index in [0.29, 0.717) is 0 Å². The third-order valence-electron chi connectivity index (χ3n) is 5.72. The van der Waals surface area contributed by atoms with Gasteiger partial charge in [-0.1, -0.05) is 18.2 Å². The molecule has 0 amide bonds. The lowest BCUT2D eigenvalue weighted by molar-refractivity contribution is -0.249. The van der Waals surface area contributed by atoms with Crippen LogP contribution in [0.15, 0.2) is 21.2 Å². The summed E-state index contributed by atoms with van der Waals surface area (Å²) in [5.41, 5.74) is 12.6. The van der Waals surface area contributed by atoms with Crippen LogP contribution in [0.2, 0.25) is 0 Å². The number of thioether (sulfide) groups is 1. The van der Waals surface area contributed by atoms with E-state index in [1.807, 2.05) is 0 Å². The maximum Gasteiger partial charge on any atom is 0.190 e. The van der Waals surface area contributed by atoms with Crippen molar-refractivity contribution in [2.45, 2.75) is 62.5 Å². The van der Waals surface area contributed by atoms with Crippen molar-refractivity contribution >= 4 is 11.8 Å². The van der Waals surface area contributed by atoms with E-state index in [4.69, 9.17) is 30.4 Å². The molecule has 4 rings (SSSR count). The lowest BCUT2D eigenvalue weighted by Gasteiger charge is -2.36. The van der Waals surface area contributed by atoms with Crippen LogP contribution in [0.25, 0.3) is 0 Å². The summed E-state index contributed by atoms with van der Waals surface area (Å²) >= 11 is 1.03. The molecule has 0 radical (unpaired) electrons. The Bertz CT molecular complexity index is 741. The fraction of sp³-hybridized carbons (Fsp3) is 0.667. The van der Waals surface area contributed by atoms with Gasteiger partial charge in [-0.25, -0.2) is 0 Å². The number of methoxy groups -OCH3 is 1. The summed E-state index contributed by atoms with van der Waals surface area (Å²) in [6.07, 6.45) is 2.77. The molecule has 1 saturated carbocycles. The molecule has 0 aromatic heterocycles. The Morgan fingerprint density at radius 3 is 2.22 bits per heavy atom. The Balaban J connectivity index is 1.64. The van der Waals surface area contributed by atoms with Crippen LogP contribution in [0.1, 0.15) is 32.1 Å². The topological polar surface area (TPSA) is 137 Å². The monoisotopic (exact) mass is 390 g/mol. The largest absolute Gasteiger partial charge is 0.392 e. The van der Waals surface area contributed by atoms with Crippen LogP contribution in [0.3, 0.4) is 0 Å². The van der Waals surface area contributed by atoms with Gasteiger partial charge in [0.1, 0.15) is 18.3 Å². The first-order chi connectivity index (χ1) is 13.0. The van der Waals surface area contributed by atoms with Crippen molar-refractivity contribution in [3.63, 3.8) is 0 Å². The Kier molecular flexibility index (Phi) is 4.83. The predicted molar refractivity (Wildman–Crippen MR) is 96.0 cm³/mol. The van der Waals surface area contributed by atoms with Crippen molar-refractivity contribution in [2.24, 2.45) is 17.4 Å². The molecule has 0 aromatic carbocycles. The molecular weight excluding hydrogens is 368 g/mol. The molecule has 2 saturated heterocycles. The van der Waals surface area contributed by atoms with Crippen molar-refractivity contribution in [3.8, 4) is 12.1 Å². The molecule has 3 fully saturated rings. The van der Waals surface area contributed by atoms with Gasteiger partial charge in [-0.3, -0.25) is 0 Å². The zero-order chi connectivity index (χ0) is 19.2. The molecule has 144 valence electrons. The van der Waals surface area contributed by atoms with Crippen LogP contribution in [-0.2, 0) is 18.9 Å². The lowest BCUT2D eigenvalue weighted by atomic mass is 9.84. The molecule has 8 nitrogen and oxygen atoms in total.